The summed E-state index contributed by atoms with van der Waals surface area (Å²) < 4.78 is 0. The molecule has 0 saturated heterocycles. The van der Waals surface area contributed by atoms with Gasteiger partial charge in [0.05, 0.1) is 0 Å². The van der Waals surface area contributed by atoms with Gasteiger partial charge in [0.25, 0.3) is 0 Å². The van der Waals surface area contributed by atoms with Crippen LogP contribution in [-0.2, 0) is 11.3 Å². The van der Waals surface area contributed by atoms with Crippen LogP contribution in [-0.4, -0.2) is 17.1 Å². The molecule has 0 aliphatic heterocycles. The van der Waals surface area contributed by atoms with Crippen LogP contribution in [0.5, 0.6) is 0 Å². The average Bonchev–Trinajstić information content (AvgIpc) is 3.02. The summed E-state index contributed by atoms with van der Waals surface area (Å²) in [7, 11) is 0. The lowest BCUT2D eigenvalue weighted by atomic mass is 10.1. The van der Waals surface area contributed by atoms with Gasteiger partial charge in [-0.25, -0.2) is 0 Å². The first-order valence-corrected chi connectivity index (χ1v) is 5.68. The minimum Gasteiger partial charge on any atom is -0.480 e. The van der Waals surface area contributed by atoms with Crippen molar-refractivity contribution < 1.29 is 9.90 Å². The number of carbonyl (C=O) groups is 1. The van der Waals surface area contributed by atoms with Gasteiger partial charge in [-0.1, -0.05) is 29.8 Å². The van der Waals surface area contributed by atoms with Gasteiger partial charge in [0, 0.05) is 6.54 Å². The van der Waals surface area contributed by atoms with Crippen LogP contribution in [0.4, 0.5) is 0 Å². The van der Waals surface area contributed by atoms with Crippen molar-refractivity contribution in [2.24, 2.45) is 5.92 Å². The molecule has 86 valence electrons. The van der Waals surface area contributed by atoms with Gasteiger partial charge in [-0.15, -0.1) is 0 Å². The molecule has 0 amide bonds. The van der Waals surface area contributed by atoms with Crippen molar-refractivity contribution in [2.45, 2.75) is 32.4 Å². The highest BCUT2D eigenvalue weighted by molar-refractivity contribution is 5.74. The summed E-state index contributed by atoms with van der Waals surface area (Å²) >= 11 is 0. The second-order valence-corrected chi connectivity index (χ2v) is 4.52. The smallest absolute Gasteiger partial charge is 0.320 e. The molecule has 0 heterocycles. The standard InChI is InChI=1S/C13H17NO2/c1-9-3-2-4-10(7-9)8-14-12(13(15)16)11-5-6-11/h2-4,7,11-12,14H,5-6,8H2,1H3,(H,15,16). The molecule has 16 heavy (non-hydrogen) atoms. The third kappa shape index (κ3) is 2.83. The number of aliphatic carboxylic acids is 1. The van der Waals surface area contributed by atoms with E-state index in [1.54, 1.807) is 0 Å². The molecule has 1 saturated carbocycles. The zero-order chi connectivity index (χ0) is 11.5. The third-order valence-corrected chi connectivity index (χ3v) is 2.97. The van der Waals surface area contributed by atoms with Gasteiger partial charge < -0.3 is 10.4 Å². The van der Waals surface area contributed by atoms with Crippen LogP contribution in [0.3, 0.4) is 0 Å². The normalized spacial score (nSPS) is 17.1. The zero-order valence-corrected chi connectivity index (χ0v) is 9.44. The largest absolute Gasteiger partial charge is 0.480 e. The molecule has 0 aromatic heterocycles. The molecule has 0 spiro atoms. The van der Waals surface area contributed by atoms with E-state index in [9.17, 15) is 4.79 Å². The van der Waals surface area contributed by atoms with E-state index in [-0.39, 0.29) is 6.04 Å². The maximum atomic E-state index is 11.0. The number of rotatable bonds is 5. The molecule has 1 aromatic carbocycles. The molecule has 1 aliphatic carbocycles. The van der Waals surface area contributed by atoms with E-state index in [0.29, 0.717) is 12.5 Å². The van der Waals surface area contributed by atoms with Gasteiger partial charge in [0.2, 0.25) is 0 Å². The summed E-state index contributed by atoms with van der Waals surface area (Å²) in [5.74, 6) is -0.391. The molecule has 1 atom stereocenters. The second kappa shape index (κ2) is 4.66. The monoisotopic (exact) mass is 219 g/mol. The van der Waals surface area contributed by atoms with Gasteiger partial charge in [-0.2, -0.15) is 0 Å². The van der Waals surface area contributed by atoms with Crippen LogP contribution < -0.4 is 5.32 Å². The Morgan fingerprint density at radius 3 is 2.88 bits per heavy atom. The minimum absolute atomic E-state index is 0.335. The molecule has 2 rings (SSSR count). The summed E-state index contributed by atoms with van der Waals surface area (Å²) in [5.41, 5.74) is 2.35. The quantitative estimate of drug-likeness (QED) is 0.795. The second-order valence-electron chi connectivity index (χ2n) is 4.52. The first-order valence-electron chi connectivity index (χ1n) is 5.68. The summed E-state index contributed by atoms with van der Waals surface area (Å²) in [5, 5.41) is 12.2. The summed E-state index contributed by atoms with van der Waals surface area (Å²) in [6.45, 7) is 2.67. The highest BCUT2D eigenvalue weighted by Gasteiger charge is 2.35. The van der Waals surface area contributed by atoms with E-state index < -0.39 is 5.97 Å². The Bertz CT molecular complexity index is 385. The Morgan fingerprint density at radius 2 is 2.31 bits per heavy atom. The number of benzene rings is 1. The zero-order valence-electron chi connectivity index (χ0n) is 9.44. The average molecular weight is 219 g/mol. The Hall–Kier alpha value is -1.35. The van der Waals surface area contributed by atoms with Crippen molar-refractivity contribution in [2.75, 3.05) is 0 Å². The Morgan fingerprint density at radius 1 is 1.56 bits per heavy atom. The lowest BCUT2D eigenvalue weighted by molar-refractivity contribution is -0.140. The van der Waals surface area contributed by atoms with Crippen molar-refractivity contribution in [1.82, 2.24) is 5.32 Å². The summed E-state index contributed by atoms with van der Waals surface area (Å²) in [6.07, 6.45) is 2.08. The Kier molecular flexibility index (Phi) is 3.25. The summed E-state index contributed by atoms with van der Waals surface area (Å²) in [6, 6.07) is 7.77. The Labute approximate surface area is 95.5 Å². The van der Waals surface area contributed by atoms with Crippen molar-refractivity contribution >= 4 is 5.97 Å². The van der Waals surface area contributed by atoms with Gasteiger partial charge in [-0.3, -0.25) is 4.79 Å². The molecule has 1 fully saturated rings. The molecular weight excluding hydrogens is 202 g/mol. The number of aryl methyl sites for hydroxylation is 1. The van der Waals surface area contributed by atoms with E-state index >= 15 is 0 Å². The van der Waals surface area contributed by atoms with E-state index in [2.05, 4.69) is 11.4 Å². The SMILES string of the molecule is Cc1cccc(CNC(C(=O)O)C2CC2)c1. The van der Waals surface area contributed by atoms with E-state index in [4.69, 9.17) is 5.11 Å². The molecule has 0 radical (unpaired) electrons. The van der Waals surface area contributed by atoms with E-state index in [1.807, 2.05) is 25.1 Å². The molecule has 0 bridgehead atoms. The molecule has 3 nitrogen and oxygen atoms in total. The van der Waals surface area contributed by atoms with Crippen LogP contribution in [0.25, 0.3) is 0 Å². The topological polar surface area (TPSA) is 49.3 Å². The van der Waals surface area contributed by atoms with Gasteiger partial charge >= 0.3 is 5.97 Å². The highest BCUT2D eigenvalue weighted by atomic mass is 16.4. The number of carboxylic acids is 1. The molecule has 1 unspecified atom stereocenters. The van der Waals surface area contributed by atoms with Crippen LogP contribution in [0.2, 0.25) is 0 Å². The lowest BCUT2D eigenvalue weighted by Crippen LogP contribution is -2.38. The molecule has 1 aromatic rings. The molecular formula is C13H17NO2. The third-order valence-electron chi connectivity index (χ3n) is 2.97. The van der Waals surface area contributed by atoms with E-state index in [1.165, 1.54) is 5.56 Å². The number of hydrogen-bond acceptors (Lipinski definition) is 2. The predicted molar refractivity (Wildman–Crippen MR) is 62.2 cm³/mol. The molecule has 2 N–H and O–H groups in total. The number of nitrogens with one attached hydrogen (secondary N) is 1. The lowest BCUT2D eigenvalue weighted by Gasteiger charge is -2.13. The number of hydrogen-bond donors (Lipinski definition) is 2. The first-order chi connectivity index (χ1) is 7.66. The van der Waals surface area contributed by atoms with Crippen molar-refractivity contribution in [1.29, 1.82) is 0 Å². The summed E-state index contributed by atoms with van der Waals surface area (Å²) in [4.78, 5) is 11.0. The van der Waals surface area contributed by atoms with Crippen molar-refractivity contribution in [3.63, 3.8) is 0 Å². The molecule has 1 aliphatic rings. The molecule has 3 heteroatoms. The first kappa shape index (κ1) is 11.1. The fourth-order valence-electron chi connectivity index (χ4n) is 1.94. The van der Waals surface area contributed by atoms with Crippen LogP contribution in [0.15, 0.2) is 24.3 Å². The minimum atomic E-state index is -0.727. The number of carboxylic acid groups (broad SMARTS) is 1. The van der Waals surface area contributed by atoms with Gasteiger partial charge in [0.1, 0.15) is 6.04 Å². The van der Waals surface area contributed by atoms with Gasteiger partial charge in [-0.05, 0) is 31.2 Å². The van der Waals surface area contributed by atoms with Crippen LogP contribution in [0, 0.1) is 12.8 Å². The van der Waals surface area contributed by atoms with Crippen molar-refractivity contribution in [3.05, 3.63) is 35.4 Å². The predicted octanol–water partition coefficient (Wildman–Crippen LogP) is 1.95. The highest BCUT2D eigenvalue weighted by Crippen LogP contribution is 2.32. The van der Waals surface area contributed by atoms with Gasteiger partial charge in [0.15, 0.2) is 0 Å². The Balaban J connectivity index is 1.92. The maximum Gasteiger partial charge on any atom is 0.320 e. The fraction of sp³-hybridized carbons (Fsp3) is 0.462. The van der Waals surface area contributed by atoms with E-state index in [0.717, 1.165) is 18.4 Å². The van der Waals surface area contributed by atoms with Crippen LogP contribution in [0.1, 0.15) is 24.0 Å². The van der Waals surface area contributed by atoms with Crippen molar-refractivity contribution in [3.8, 4) is 0 Å². The maximum absolute atomic E-state index is 11.0. The fourth-order valence-corrected chi connectivity index (χ4v) is 1.94. The van der Waals surface area contributed by atoms with Crippen LogP contribution >= 0.6 is 0 Å².